The van der Waals surface area contributed by atoms with Gasteiger partial charge in [0.05, 0.1) is 25.9 Å². The first-order valence-corrected chi connectivity index (χ1v) is 6.44. The molecule has 18 heavy (non-hydrogen) atoms. The van der Waals surface area contributed by atoms with Crippen LogP contribution in [0.25, 0.3) is 0 Å². The predicted octanol–water partition coefficient (Wildman–Crippen LogP) is 2.00. The number of carbonyl (C=O) groups excluding carboxylic acids is 1. The van der Waals surface area contributed by atoms with Gasteiger partial charge in [-0.3, -0.25) is 4.79 Å². The molecule has 4 nitrogen and oxygen atoms in total. The van der Waals surface area contributed by atoms with Gasteiger partial charge in [-0.05, 0) is 32.0 Å². The van der Waals surface area contributed by atoms with Crippen LogP contribution in [-0.2, 0) is 11.3 Å². The lowest BCUT2D eigenvalue weighted by Gasteiger charge is -2.34. The number of anilines is 1. The molecule has 0 saturated heterocycles. The SMILES string of the molecule is CC[N+]1(CC)CC(=O)Nc2ccc(OC)cc2C1. The zero-order valence-corrected chi connectivity index (χ0v) is 11.3. The van der Waals surface area contributed by atoms with E-state index in [2.05, 4.69) is 19.2 Å². The quantitative estimate of drug-likeness (QED) is 0.832. The normalized spacial score (nSPS) is 17.6. The lowest BCUT2D eigenvalue weighted by atomic mass is 10.1. The molecule has 0 unspecified atom stereocenters. The first kappa shape index (κ1) is 12.9. The summed E-state index contributed by atoms with van der Waals surface area (Å²) >= 11 is 0. The number of nitrogens with one attached hydrogen (secondary N) is 1. The third-order valence-electron chi connectivity index (χ3n) is 3.91. The number of hydrogen-bond acceptors (Lipinski definition) is 2. The van der Waals surface area contributed by atoms with Crippen LogP contribution < -0.4 is 10.1 Å². The molecular formula is C14H21N2O2+. The van der Waals surface area contributed by atoms with E-state index in [-0.39, 0.29) is 5.91 Å². The van der Waals surface area contributed by atoms with Crippen LogP contribution in [0, 0.1) is 0 Å². The van der Waals surface area contributed by atoms with Crippen molar-refractivity contribution in [1.29, 1.82) is 0 Å². The predicted molar refractivity (Wildman–Crippen MR) is 71.5 cm³/mol. The maximum atomic E-state index is 12.0. The molecule has 0 spiro atoms. The molecular weight excluding hydrogens is 228 g/mol. The molecule has 0 radical (unpaired) electrons. The molecule has 0 saturated carbocycles. The molecule has 0 bridgehead atoms. The van der Waals surface area contributed by atoms with E-state index in [4.69, 9.17) is 4.74 Å². The third-order valence-corrected chi connectivity index (χ3v) is 3.91. The Morgan fingerprint density at radius 3 is 2.61 bits per heavy atom. The van der Waals surface area contributed by atoms with Gasteiger partial charge in [0, 0.05) is 5.56 Å². The van der Waals surface area contributed by atoms with Crippen LogP contribution in [0.1, 0.15) is 19.4 Å². The van der Waals surface area contributed by atoms with E-state index in [0.29, 0.717) is 6.54 Å². The van der Waals surface area contributed by atoms with Crippen LogP contribution in [0.3, 0.4) is 0 Å². The number of quaternary nitrogens is 1. The molecule has 0 aliphatic carbocycles. The number of nitrogens with zero attached hydrogens (tertiary/aromatic N) is 1. The maximum Gasteiger partial charge on any atom is 0.279 e. The minimum absolute atomic E-state index is 0.0996. The summed E-state index contributed by atoms with van der Waals surface area (Å²) in [7, 11) is 1.67. The summed E-state index contributed by atoms with van der Waals surface area (Å²) in [6, 6.07) is 5.84. The van der Waals surface area contributed by atoms with Gasteiger partial charge in [-0.2, -0.15) is 0 Å². The van der Waals surface area contributed by atoms with Crippen molar-refractivity contribution in [1.82, 2.24) is 0 Å². The molecule has 4 heteroatoms. The van der Waals surface area contributed by atoms with Gasteiger partial charge in [0.15, 0.2) is 6.54 Å². The van der Waals surface area contributed by atoms with E-state index in [1.54, 1.807) is 7.11 Å². The fourth-order valence-corrected chi connectivity index (χ4v) is 2.53. The molecule has 98 valence electrons. The smallest absolute Gasteiger partial charge is 0.279 e. The van der Waals surface area contributed by atoms with Crippen molar-refractivity contribution in [3.05, 3.63) is 23.8 Å². The van der Waals surface area contributed by atoms with E-state index >= 15 is 0 Å². The van der Waals surface area contributed by atoms with Crippen LogP contribution in [0.15, 0.2) is 18.2 Å². The Kier molecular flexibility index (Phi) is 3.57. The molecule has 1 aromatic carbocycles. The Labute approximate surface area is 108 Å². The summed E-state index contributed by atoms with van der Waals surface area (Å²) in [5, 5.41) is 2.99. The molecule has 1 amide bonds. The van der Waals surface area contributed by atoms with Crippen molar-refractivity contribution in [2.75, 3.05) is 32.1 Å². The molecule has 0 atom stereocenters. The van der Waals surface area contributed by atoms with Crippen molar-refractivity contribution < 1.29 is 14.0 Å². The summed E-state index contributed by atoms with van der Waals surface area (Å²) in [5.41, 5.74) is 2.08. The molecule has 2 rings (SSSR count). The highest BCUT2D eigenvalue weighted by Crippen LogP contribution is 2.28. The second-order valence-electron chi connectivity index (χ2n) is 4.86. The second kappa shape index (κ2) is 4.98. The highest BCUT2D eigenvalue weighted by molar-refractivity contribution is 5.93. The van der Waals surface area contributed by atoms with Crippen molar-refractivity contribution in [2.45, 2.75) is 20.4 Å². The molecule has 1 heterocycles. The highest BCUT2D eigenvalue weighted by atomic mass is 16.5. The average Bonchev–Trinajstić information content (AvgIpc) is 2.53. The molecule has 0 fully saturated rings. The largest absolute Gasteiger partial charge is 0.497 e. The van der Waals surface area contributed by atoms with Crippen LogP contribution >= 0.6 is 0 Å². The Morgan fingerprint density at radius 2 is 2.00 bits per heavy atom. The molecule has 1 aliphatic heterocycles. The Morgan fingerprint density at radius 1 is 1.28 bits per heavy atom. The van der Waals surface area contributed by atoms with Gasteiger partial charge < -0.3 is 14.5 Å². The van der Waals surface area contributed by atoms with Gasteiger partial charge in [-0.25, -0.2) is 0 Å². The molecule has 1 aliphatic rings. The van der Waals surface area contributed by atoms with Gasteiger partial charge in [-0.15, -0.1) is 0 Å². The van der Waals surface area contributed by atoms with Crippen LogP contribution in [0.5, 0.6) is 5.75 Å². The first-order valence-electron chi connectivity index (χ1n) is 6.44. The lowest BCUT2D eigenvalue weighted by molar-refractivity contribution is -0.929. The zero-order chi connectivity index (χ0) is 13.2. The van der Waals surface area contributed by atoms with E-state index in [0.717, 1.165) is 41.1 Å². The van der Waals surface area contributed by atoms with E-state index in [1.807, 2.05) is 18.2 Å². The zero-order valence-electron chi connectivity index (χ0n) is 11.3. The fraction of sp³-hybridized carbons (Fsp3) is 0.500. The average molecular weight is 249 g/mol. The van der Waals surface area contributed by atoms with Crippen molar-refractivity contribution in [2.24, 2.45) is 0 Å². The van der Waals surface area contributed by atoms with Crippen LogP contribution in [-0.4, -0.2) is 37.1 Å². The highest BCUT2D eigenvalue weighted by Gasteiger charge is 2.31. The summed E-state index contributed by atoms with van der Waals surface area (Å²) in [4.78, 5) is 12.0. The minimum atomic E-state index is 0.0996. The van der Waals surface area contributed by atoms with Crippen LogP contribution in [0.2, 0.25) is 0 Å². The number of fused-ring (bicyclic) bond motifs is 1. The summed E-state index contributed by atoms with van der Waals surface area (Å²) < 4.78 is 6.06. The Balaban J connectivity index is 2.43. The number of benzene rings is 1. The molecule has 1 aromatic rings. The first-order chi connectivity index (χ1) is 8.62. The van der Waals surface area contributed by atoms with Gasteiger partial charge >= 0.3 is 0 Å². The number of carbonyl (C=O) groups is 1. The Hall–Kier alpha value is -1.55. The number of ether oxygens (including phenoxy) is 1. The number of rotatable bonds is 3. The van der Waals surface area contributed by atoms with Crippen molar-refractivity contribution in [3.63, 3.8) is 0 Å². The second-order valence-corrected chi connectivity index (χ2v) is 4.86. The number of methoxy groups -OCH3 is 1. The summed E-state index contributed by atoms with van der Waals surface area (Å²) in [6.07, 6.45) is 0. The fourth-order valence-electron chi connectivity index (χ4n) is 2.53. The standard InChI is InChI=1S/C14H20N2O2/c1-4-16(5-2)9-11-8-12(18-3)6-7-13(11)15-14(17)10-16/h6-8H,4-5,9-10H2,1-3H3/p+1. The van der Waals surface area contributed by atoms with Gasteiger partial charge in [0.2, 0.25) is 0 Å². The third kappa shape index (κ3) is 2.34. The van der Waals surface area contributed by atoms with E-state index in [9.17, 15) is 4.79 Å². The lowest BCUT2D eigenvalue weighted by Crippen LogP contribution is -2.49. The number of hydrogen-bond donors (Lipinski definition) is 1. The van der Waals surface area contributed by atoms with Crippen molar-refractivity contribution >= 4 is 11.6 Å². The van der Waals surface area contributed by atoms with Crippen molar-refractivity contribution in [3.8, 4) is 5.75 Å². The Bertz CT molecular complexity index is 453. The van der Waals surface area contributed by atoms with Gasteiger partial charge in [-0.1, -0.05) is 0 Å². The topological polar surface area (TPSA) is 38.3 Å². The van der Waals surface area contributed by atoms with E-state index in [1.165, 1.54) is 0 Å². The monoisotopic (exact) mass is 249 g/mol. The summed E-state index contributed by atoms with van der Waals surface area (Å²) in [6.45, 7) is 7.62. The molecule has 1 N–H and O–H groups in total. The summed E-state index contributed by atoms with van der Waals surface area (Å²) in [5.74, 6) is 0.942. The number of likely N-dealkylation sites (N-methyl/N-ethyl adjacent to an activating group) is 1. The number of amides is 1. The van der Waals surface area contributed by atoms with Gasteiger partial charge in [0.25, 0.3) is 5.91 Å². The van der Waals surface area contributed by atoms with Gasteiger partial charge in [0.1, 0.15) is 12.3 Å². The van der Waals surface area contributed by atoms with Crippen LogP contribution in [0.4, 0.5) is 5.69 Å². The minimum Gasteiger partial charge on any atom is -0.497 e. The molecule has 0 aromatic heterocycles. The maximum absolute atomic E-state index is 12.0. The van der Waals surface area contributed by atoms with E-state index < -0.39 is 0 Å².